The highest BCUT2D eigenvalue weighted by molar-refractivity contribution is 5.83. The Kier molecular flexibility index (Phi) is 15.0. The van der Waals surface area contributed by atoms with Gasteiger partial charge in [0.1, 0.15) is 6.61 Å². The van der Waals surface area contributed by atoms with Gasteiger partial charge >= 0.3 is 0 Å². The molecule has 0 aliphatic heterocycles. The molecular formula is C19H37NO. The molecule has 0 N–H and O–H groups in total. The topological polar surface area (TPSA) is 21.6 Å². The number of hydrogen-bond donors (Lipinski definition) is 0. The van der Waals surface area contributed by atoms with Gasteiger partial charge in [-0.3, -0.25) is 0 Å². The van der Waals surface area contributed by atoms with Crippen LogP contribution in [0.2, 0.25) is 0 Å². The molecule has 0 aliphatic carbocycles. The highest BCUT2D eigenvalue weighted by Gasteiger charge is 2.02. The lowest BCUT2D eigenvalue weighted by atomic mass is 10.0. The minimum atomic E-state index is 0.551. The summed E-state index contributed by atoms with van der Waals surface area (Å²) in [7, 11) is 0. The molecule has 0 fully saturated rings. The Morgan fingerprint density at radius 1 is 0.810 bits per heavy atom. The molecule has 0 saturated carbocycles. The smallest absolute Gasteiger partial charge is 0.137 e. The first-order chi connectivity index (χ1) is 10.2. The largest absolute Gasteiger partial charge is 0.391 e. The summed E-state index contributed by atoms with van der Waals surface area (Å²) in [4.78, 5) is 5.40. The fraction of sp³-hybridized carbons (Fsp3) is 0.842. The Morgan fingerprint density at radius 3 is 1.71 bits per heavy atom. The van der Waals surface area contributed by atoms with Gasteiger partial charge in [0.05, 0.1) is 5.71 Å². The van der Waals surface area contributed by atoms with E-state index in [-0.39, 0.29) is 0 Å². The molecule has 124 valence electrons. The molecule has 0 unspecified atom stereocenters. The first-order valence-electron chi connectivity index (χ1n) is 9.02. The lowest BCUT2D eigenvalue weighted by Crippen LogP contribution is -2.01. The van der Waals surface area contributed by atoms with Crippen molar-refractivity contribution in [3.63, 3.8) is 0 Å². The normalized spacial score (nSPS) is 10.4. The fourth-order valence-electron chi connectivity index (χ4n) is 2.32. The Balaban J connectivity index is 3.93. The van der Waals surface area contributed by atoms with E-state index >= 15 is 0 Å². The van der Waals surface area contributed by atoms with Crippen LogP contribution < -0.4 is 0 Å². The molecule has 0 atom stereocenters. The molecule has 0 radical (unpaired) electrons. The van der Waals surface area contributed by atoms with Crippen LogP contribution in [0.5, 0.6) is 0 Å². The van der Waals surface area contributed by atoms with Crippen molar-refractivity contribution in [1.29, 1.82) is 0 Å². The van der Waals surface area contributed by atoms with Crippen molar-refractivity contribution in [2.45, 2.75) is 97.8 Å². The van der Waals surface area contributed by atoms with Gasteiger partial charge in [-0.05, 0) is 38.2 Å². The summed E-state index contributed by atoms with van der Waals surface area (Å²) < 4.78 is 0. The number of nitrogens with zero attached hydrogens (tertiary/aromatic N) is 1. The van der Waals surface area contributed by atoms with Gasteiger partial charge in [0, 0.05) is 0 Å². The average molecular weight is 296 g/mol. The summed E-state index contributed by atoms with van der Waals surface area (Å²) >= 11 is 0. The molecule has 0 rings (SSSR count). The number of rotatable bonds is 15. The summed E-state index contributed by atoms with van der Waals surface area (Å²) in [6.07, 6.45) is 15.4. The van der Waals surface area contributed by atoms with Gasteiger partial charge in [-0.25, -0.2) is 0 Å². The molecule has 0 bridgehead atoms. The van der Waals surface area contributed by atoms with Crippen LogP contribution in [0, 0.1) is 0 Å². The van der Waals surface area contributed by atoms with Crippen molar-refractivity contribution >= 4 is 5.71 Å². The zero-order valence-electron chi connectivity index (χ0n) is 14.8. The number of hydrogen-bond acceptors (Lipinski definition) is 2. The van der Waals surface area contributed by atoms with Crippen LogP contribution >= 0.6 is 0 Å². The zero-order chi connectivity index (χ0) is 15.8. The number of unbranched alkanes of at least 4 members (excludes halogenated alkanes) is 8. The van der Waals surface area contributed by atoms with Gasteiger partial charge in [-0.15, -0.1) is 0 Å². The summed E-state index contributed by atoms with van der Waals surface area (Å²) in [5, 5.41) is 4.36. The van der Waals surface area contributed by atoms with E-state index in [0.717, 1.165) is 18.4 Å². The van der Waals surface area contributed by atoms with Crippen LogP contribution in [0.1, 0.15) is 97.8 Å². The van der Waals surface area contributed by atoms with E-state index in [9.17, 15) is 0 Å². The molecule has 0 aromatic rings. The molecule has 0 aromatic carbocycles. The summed E-state index contributed by atoms with van der Waals surface area (Å²) in [5.41, 5.74) is 2.29. The molecule has 2 nitrogen and oxygen atoms in total. The van der Waals surface area contributed by atoms with Crippen LogP contribution in [0.15, 0.2) is 17.3 Å². The second kappa shape index (κ2) is 15.6. The highest BCUT2D eigenvalue weighted by atomic mass is 16.6. The van der Waals surface area contributed by atoms with Crippen molar-refractivity contribution in [2.75, 3.05) is 6.61 Å². The van der Waals surface area contributed by atoms with Crippen LogP contribution in [0.4, 0.5) is 0 Å². The van der Waals surface area contributed by atoms with E-state index in [1.54, 1.807) is 0 Å². The van der Waals surface area contributed by atoms with E-state index in [0.29, 0.717) is 6.61 Å². The van der Waals surface area contributed by atoms with Gasteiger partial charge in [0.2, 0.25) is 0 Å². The van der Waals surface area contributed by atoms with E-state index in [4.69, 9.17) is 4.84 Å². The molecule has 0 saturated heterocycles. The summed E-state index contributed by atoms with van der Waals surface area (Å²) in [5.74, 6) is 0. The zero-order valence-corrected chi connectivity index (χ0v) is 14.8. The van der Waals surface area contributed by atoms with Gasteiger partial charge in [-0.1, -0.05) is 76.9 Å². The van der Waals surface area contributed by atoms with Crippen molar-refractivity contribution in [3.05, 3.63) is 12.2 Å². The first kappa shape index (κ1) is 20.2. The molecule has 2 heteroatoms. The van der Waals surface area contributed by atoms with Gasteiger partial charge in [0.15, 0.2) is 0 Å². The molecule has 0 amide bonds. The third kappa shape index (κ3) is 15.4. The molecule has 0 heterocycles. The monoisotopic (exact) mass is 295 g/mol. The third-order valence-electron chi connectivity index (χ3n) is 3.64. The maximum Gasteiger partial charge on any atom is 0.137 e. The quantitative estimate of drug-likeness (QED) is 0.143. The fourth-order valence-corrected chi connectivity index (χ4v) is 2.32. The molecular weight excluding hydrogens is 258 g/mol. The molecule has 0 aromatic heterocycles. The standard InChI is InChI=1S/C19H37NO/c1-5-7-9-11-13-15-19(20-21-17-18(3)4)16-14-12-10-8-6-2/h3,5-17H2,1-2,4H3. The van der Waals surface area contributed by atoms with Crippen molar-refractivity contribution in [3.8, 4) is 0 Å². The first-order valence-corrected chi connectivity index (χ1v) is 9.02. The Bertz CT molecular complexity index is 255. The van der Waals surface area contributed by atoms with E-state index in [1.165, 1.54) is 69.9 Å². The second-order valence-electron chi connectivity index (χ2n) is 6.22. The maximum absolute atomic E-state index is 5.40. The third-order valence-corrected chi connectivity index (χ3v) is 3.64. The van der Waals surface area contributed by atoms with Crippen molar-refractivity contribution in [1.82, 2.24) is 0 Å². The molecule has 0 aliphatic rings. The Morgan fingerprint density at radius 2 is 1.29 bits per heavy atom. The van der Waals surface area contributed by atoms with Gasteiger partial charge < -0.3 is 4.84 Å². The minimum Gasteiger partial charge on any atom is -0.391 e. The van der Waals surface area contributed by atoms with E-state index in [1.807, 2.05) is 6.92 Å². The van der Waals surface area contributed by atoms with Crippen molar-refractivity contribution < 1.29 is 4.84 Å². The molecule has 21 heavy (non-hydrogen) atoms. The highest BCUT2D eigenvalue weighted by Crippen LogP contribution is 2.12. The second-order valence-corrected chi connectivity index (χ2v) is 6.22. The van der Waals surface area contributed by atoms with Crippen LogP contribution in [-0.2, 0) is 4.84 Å². The SMILES string of the molecule is C=C(C)CON=C(CCCCCCC)CCCCCCC. The van der Waals surface area contributed by atoms with Crippen molar-refractivity contribution in [2.24, 2.45) is 5.16 Å². The van der Waals surface area contributed by atoms with Gasteiger partial charge in [-0.2, -0.15) is 0 Å². The predicted molar refractivity (Wildman–Crippen MR) is 95.0 cm³/mol. The van der Waals surface area contributed by atoms with Crippen LogP contribution in [-0.4, -0.2) is 12.3 Å². The lowest BCUT2D eigenvalue weighted by molar-refractivity contribution is 0.166. The van der Waals surface area contributed by atoms with E-state index < -0.39 is 0 Å². The minimum absolute atomic E-state index is 0.551. The Labute approximate surface area is 133 Å². The maximum atomic E-state index is 5.40. The average Bonchev–Trinajstić information content (AvgIpc) is 2.45. The van der Waals surface area contributed by atoms with Gasteiger partial charge in [0.25, 0.3) is 0 Å². The summed E-state index contributed by atoms with van der Waals surface area (Å²) in [6.45, 7) is 10.9. The van der Waals surface area contributed by atoms with Crippen LogP contribution in [0.3, 0.4) is 0 Å². The predicted octanol–water partition coefficient (Wildman–Crippen LogP) is 6.66. The lowest BCUT2D eigenvalue weighted by Gasteiger charge is -2.07. The Hall–Kier alpha value is -0.790. The number of oxime groups is 1. The molecule has 0 spiro atoms. The summed E-state index contributed by atoms with van der Waals surface area (Å²) in [6, 6.07) is 0. The van der Waals surface area contributed by atoms with Crippen LogP contribution in [0.25, 0.3) is 0 Å². The van der Waals surface area contributed by atoms with E-state index in [2.05, 4.69) is 25.6 Å².